The van der Waals surface area contributed by atoms with E-state index < -0.39 is 4.92 Å². The Balaban J connectivity index is 1.60. The molecule has 7 aromatic rings. The Bertz CT molecular complexity index is 2280. The molecule has 3 heterocycles. The number of rotatable bonds is 4. The molecule has 0 aliphatic heterocycles. The van der Waals surface area contributed by atoms with Gasteiger partial charge in [0.15, 0.2) is 0 Å². The van der Waals surface area contributed by atoms with Crippen molar-refractivity contribution in [2.24, 2.45) is 0 Å². The van der Waals surface area contributed by atoms with Crippen LogP contribution in [0, 0.1) is 22.0 Å². The quantitative estimate of drug-likeness (QED) is 0.123. The molecule has 0 atom stereocenters. The zero-order valence-corrected chi connectivity index (χ0v) is 24.1. The van der Waals surface area contributed by atoms with Gasteiger partial charge in [0.05, 0.1) is 4.92 Å². The zero-order valence-electron chi connectivity index (χ0n) is 24.1. The van der Waals surface area contributed by atoms with E-state index in [9.17, 15) is 10.1 Å². The number of aromatic amines is 2. The fraction of sp³-hybridized carbons (Fsp3) is 0. The van der Waals surface area contributed by atoms with Crippen LogP contribution in [-0.4, -0.2) is 19.9 Å². The molecule has 214 valence electrons. The van der Waals surface area contributed by atoms with Crippen LogP contribution in [0.25, 0.3) is 55.4 Å². The van der Waals surface area contributed by atoms with E-state index in [4.69, 9.17) is 4.98 Å². The van der Waals surface area contributed by atoms with Crippen LogP contribution in [0.4, 0.5) is 5.69 Å². The average molecular weight is 583 g/mol. The first-order valence-electron chi connectivity index (χ1n) is 14.5. The second-order valence-electron chi connectivity index (χ2n) is 10.5. The molecule has 0 amide bonds. The van der Waals surface area contributed by atoms with Crippen molar-refractivity contribution in [3.8, 4) is 45.2 Å². The standard InChI is InChI=1S/C39H26N4O2/c44-43(45)31-19-16-27(17-20-31)18-21-34-38(29-12-6-2-7-13-29)35-24-25-37(42-35)39(30-14-8-3-9-15-30)36-23-22-33(41-36)32(26-40-34)28-10-4-1-5-11-28/h1-17,19-20,22-26,41-42H. The van der Waals surface area contributed by atoms with Gasteiger partial charge < -0.3 is 9.97 Å². The number of benzene rings is 4. The fourth-order valence-electron chi connectivity index (χ4n) is 5.47. The van der Waals surface area contributed by atoms with Crippen LogP contribution in [0.5, 0.6) is 0 Å². The molecule has 0 radical (unpaired) electrons. The molecule has 0 spiro atoms. The molecule has 7 rings (SSSR count). The number of nitro benzene ring substituents is 1. The monoisotopic (exact) mass is 582 g/mol. The molecule has 0 unspecified atom stereocenters. The van der Waals surface area contributed by atoms with Crippen LogP contribution in [0.15, 0.2) is 146 Å². The van der Waals surface area contributed by atoms with Gasteiger partial charge in [-0.25, -0.2) is 4.98 Å². The maximum Gasteiger partial charge on any atom is 0.269 e. The van der Waals surface area contributed by atoms with Gasteiger partial charge >= 0.3 is 0 Å². The highest BCUT2D eigenvalue weighted by atomic mass is 16.6. The summed E-state index contributed by atoms with van der Waals surface area (Å²) >= 11 is 0. The molecule has 0 aliphatic rings. The molecular weight excluding hydrogens is 556 g/mol. The Labute approximate surface area is 259 Å². The highest BCUT2D eigenvalue weighted by Gasteiger charge is 2.12. The van der Waals surface area contributed by atoms with E-state index >= 15 is 0 Å². The first-order valence-corrected chi connectivity index (χ1v) is 14.5. The van der Waals surface area contributed by atoms with Crippen molar-refractivity contribution < 1.29 is 4.92 Å². The third-order valence-electron chi connectivity index (χ3n) is 7.64. The Kier molecular flexibility index (Phi) is 7.33. The van der Waals surface area contributed by atoms with Crippen LogP contribution < -0.4 is 0 Å². The van der Waals surface area contributed by atoms with E-state index in [1.165, 1.54) is 12.1 Å². The Morgan fingerprint density at radius 1 is 0.533 bits per heavy atom. The first-order chi connectivity index (χ1) is 22.1. The highest BCUT2D eigenvalue weighted by molar-refractivity contribution is 5.96. The van der Waals surface area contributed by atoms with Gasteiger partial charge in [0.1, 0.15) is 5.69 Å². The molecule has 0 saturated carbocycles. The Morgan fingerprint density at radius 2 is 1.02 bits per heavy atom. The summed E-state index contributed by atoms with van der Waals surface area (Å²) in [6, 6.07) is 45.1. The molecule has 4 bridgehead atoms. The van der Waals surface area contributed by atoms with Crippen LogP contribution in [0.2, 0.25) is 0 Å². The highest BCUT2D eigenvalue weighted by Crippen LogP contribution is 2.33. The third-order valence-corrected chi connectivity index (χ3v) is 7.64. The molecule has 45 heavy (non-hydrogen) atoms. The maximum absolute atomic E-state index is 11.2. The zero-order chi connectivity index (χ0) is 30.6. The fourth-order valence-corrected chi connectivity index (χ4v) is 5.47. The van der Waals surface area contributed by atoms with Crippen molar-refractivity contribution >= 4 is 27.8 Å². The number of non-ortho nitro benzene ring substituents is 1. The van der Waals surface area contributed by atoms with Crippen molar-refractivity contribution in [3.05, 3.63) is 167 Å². The summed E-state index contributed by atoms with van der Waals surface area (Å²) in [6.07, 6.45) is 1.86. The number of H-pyrrole nitrogens is 2. The smallest absolute Gasteiger partial charge is 0.269 e. The summed E-state index contributed by atoms with van der Waals surface area (Å²) in [6.45, 7) is 0. The summed E-state index contributed by atoms with van der Waals surface area (Å²) in [5.41, 5.74) is 10.8. The number of aromatic nitrogens is 3. The van der Waals surface area contributed by atoms with E-state index in [-0.39, 0.29) is 5.69 Å². The minimum Gasteiger partial charge on any atom is -0.354 e. The summed E-state index contributed by atoms with van der Waals surface area (Å²) in [7, 11) is 0. The molecule has 4 aromatic carbocycles. The number of nitro groups is 1. The van der Waals surface area contributed by atoms with E-state index in [1.807, 2.05) is 72.9 Å². The molecule has 0 saturated heterocycles. The van der Waals surface area contributed by atoms with Gasteiger partial charge in [0.25, 0.3) is 5.69 Å². The largest absolute Gasteiger partial charge is 0.354 e. The lowest BCUT2D eigenvalue weighted by Gasteiger charge is -2.06. The molecule has 0 aliphatic carbocycles. The topological polar surface area (TPSA) is 87.6 Å². The summed E-state index contributed by atoms with van der Waals surface area (Å²) in [4.78, 5) is 23.2. The predicted molar refractivity (Wildman–Crippen MR) is 181 cm³/mol. The number of hydrogen-bond donors (Lipinski definition) is 2. The van der Waals surface area contributed by atoms with Crippen molar-refractivity contribution in [2.45, 2.75) is 0 Å². The van der Waals surface area contributed by atoms with Gasteiger partial charge in [-0.1, -0.05) is 96.9 Å². The lowest BCUT2D eigenvalue weighted by molar-refractivity contribution is -0.384. The Morgan fingerprint density at radius 3 is 1.60 bits per heavy atom. The lowest BCUT2D eigenvalue weighted by atomic mass is 10.0. The first kappa shape index (κ1) is 27.4. The van der Waals surface area contributed by atoms with Crippen LogP contribution in [-0.2, 0) is 0 Å². The van der Waals surface area contributed by atoms with Crippen molar-refractivity contribution in [3.63, 3.8) is 0 Å². The molecule has 6 heteroatoms. The molecule has 3 aromatic heterocycles. The average Bonchev–Trinajstić information content (AvgIpc) is 3.76. The summed E-state index contributed by atoms with van der Waals surface area (Å²) in [5.74, 6) is 6.52. The van der Waals surface area contributed by atoms with Crippen LogP contribution >= 0.6 is 0 Å². The lowest BCUT2D eigenvalue weighted by Crippen LogP contribution is -1.90. The number of fused-ring (bicyclic) bond motifs is 4. The summed E-state index contributed by atoms with van der Waals surface area (Å²) < 4.78 is 0. The van der Waals surface area contributed by atoms with E-state index in [2.05, 4.69) is 70.3 Å². The van der Waals surface area contributed by atoms with Gasteiger partial charge in [-0.05, 0) is 59.0 Å². The van der Waals surface area contributed by atoms with Gasteiger partial charge in [-0.2, -0.15) is 0 Å². The number of nitrogens with one attached hydrogen (secondary N) is 2. The van der Waals surface area contributed by atoms with Gasteiger partial charge in [-0.15, -0.1) is 0 Å². The number of hydrogen-bond acceptors (Lipinski definition) is 3. The SMILES string of the molecule is O=[N+]([O-])c1ccc(C#Cc2ncc(-c3ccccc3)c3ccc([nH]3)c(-c3ccccc3)c3ccc([nH]3)c2-c2ccccc2)cc1. The number of nitrogens with zero attached hydrogens (tertiary/aromatic N) is 2. The predicted octanol–water partition coefficient (Wildman–Crippen LogP) is 9.48. The molecule has 0 fully saturated rings. The van der Waals surface area contributed by atoms with Gasteiger partial charge in [0.2, 0.25) is 0 Å². The Hall–Kier alpha value is -6.45. The second-order valence-corrected chi connectivity index (χ2v) is 10.5. The van der Waals surface area contributed by atoms with E-state index in [0.717, 1.165) is 55.4 Å². The normalized spacial score (nSPS) is 10.7. The third kappa shape index (κ3) is 5.66. The van der Waals surface area contributed by atoms with Gasteiger partial charge in [-0.3, -0.25) is 10.1 Å². The second kappa shape index (κ2) is 12.0. The van der Waals surface area contributed by atoms with E-state index in [0.29, 0.717) is 11.3 Å². The van der Waals surface area contributed by atoms with Crippen molar-refractivity contribution in [2.75, 3.05) is 0 Å². The molecule has 2 N–H and O–H groups in total. The van der Waals surface area contributed by atoms with Crippen LogP contribution in [0.3, 0.4) is 0 Å². The maximum atomic E-state index is 11.2. The van der Waals surface area contributed by atoms with Gasteiger partial charge in [0, 0.05) is 62.7 Å². The van der Waals surface area contributed by atoms with Crippen molar-refractivity contribution in [1.82, 2.24) is 15.0 Å². The van der Waals surface area contributed by atoms with E-state index in [1.54, 1.807) is 12.1 Å². The summed E-state index contributed by atoms with van der Waals surface area (Å²) in [5, 5.41) is 11.2. The minimum absolute atomic E-state index is 0.0190. The van der Waals surface area contributed by atoms with Crippen molar-refractivity contribution in [1.29, 1.82) is 0 Å². The van der Waals surface area contributed by atoms with Crippen LogP contribution in [0.1, 0.15) is 11.3 Å². The molecular formula is C39H26N4O2. The molecule has 6 nitrogen and oxygen atoms in total. The minimum atomic E-state index is -0.416.